The lowest BCUT2D eigenvalue weighted by molar-refractivity contribution is -0.140. The van der Waals surface area contributed by atoms with Crippen LogP contribution in [0.15, 0.2) is 24.3 Å². The van der Waals surface area contributed by atoms with Crippen LogP contribution in [0.25, 0.3) is 0 Å². The second-order valence-electron chi connectivity index (χ2n) is 3.06. The lowest BCUT2D eigenvalue weighted by Gasteiger charge is -2.28. The summed E-state index contributed by atoms with van der Waals surface area (Å²) < 4.78 is 4.93. The first-order valence-corrected chi connectivity index (χ1v) is 4.64. The highest BCUT2D eigenvalue weighted by Gasteiger charge is 2.30. The zero-order chi connectivity index (χ0) is 9.97. The Bertz CT molecular complexity index is 298. The second-order valence-corrected chi connectivity index (χ2v) is 3.06. The molecule has 0 spiro atoms. The van der Waals surface area contributed by atoms with Gasteiger partial charge in [-0.25, -0.2) is 4.79 Å². The van der Waals surface area contributed by atoms with Gasteiger partial charge < -0.3 is 20.3 Å². The van der Waals surface area contributed by atoms with Crippen molar-refractivity contribution in [3.05, 3.63) is 24.3 Å². The van der Waals surface area contributed by atoms with Crippen molar-refractivity contribution < 1.29 is 9.53 Å². The molecule has 0 aromatic carbocycles. The summed E-state index contributed by atoms with van der Waals surface area (Å²) in [5.74, 6) is -0.283. The van der Waals surface area contributed by atoms with Gasteiger partial charge in [-0.05, 0) is 6.92 Å². The lowest BCUT2D eigenvalue weighted by Crippen LogP contribution is -2.44. The Hall–Kier alpha value is -1.65. The predicted molar refractivity (Wildman–Crippen MR) is 50.6 cm³/mol. The Morgan fingerprint density at radius 2 is 2.64 bits per heavy atom. The van der Waals surface area contributed by atoms with E-state index in [1.54, 1.807) is 13.1 Å². The van der Waals surface area contributed by atoms with Gasteiger partial charge in [-0.15, -0.1) is 0 Å². The Labute approximate surface area is 82.4 Å². The third-order valence-electron chi connectivity index (χ3n) is 2.18. The van der Waals surface area contributed by atoms with Gasteiger partial charge in [0.1, 0.15) is 11.9 Å². The van der Waals surface area contributed by atoms with Gasteiger partial charge in [0.2, 0.25) is 0 Å². The first-order valence-electron chi connectivity index (χ1n) is 4.64. The van der Waals surface area contributed by atoms with Crippen LogP contribution in [0.1, 0.15) is 6.92 Å². The van der Waals surface area contributed by atoms with E-state index in [1.165, 1.54) is 0 Å². The number of fused-ring (bicyclic) bond motifs is 1. The van der Waals surface area contributed by atoms with Gasteiger partial charge in [0.15, 0.2) is 0 Å². The van der Waals surface area contributed by atoms with E-state index >= 15 is 0 Å². The predicted octanol–water partition coefficient (Wildman–Crippen LogP) is -0.303. The van der Waals surface area contributed by atoms with Crippen LogP contribution in [0.2, 0.25) is 0 Å². The van der Waals surface area contributed by atoms with Crippen LogP contribution in [0.5, 0.6) is 0 Å². The third kappa shape index (κ3) is 1.41. The molecule has 2 N–H and O–H groups in total. The molecule has 1 atom stereocenters. The minimum atomic E-state index is -0.283. The number of nitrogens with one attached hydrogen (secondary N) is 2. The average Bonchev–Trinajstić information content (AvgIpc) is 2.61. The molecular formula is C9H13N3O2. The van der Waals surface area contributed by atoms with Crippen molar-refractivity contribution in [2.24, 2.45) is 0 Å². The molecule has 0 radical (unpaired) electrons. The lowest BCUT2D eigenvalue weighted by atomic mass is 10.3. The van der Waals surface area contributed by atoms with E-state index in [4.69, 9.17) is 4.74 Å². The molecule has 0 saturated heterocycles. The van der Waals surface area contributed by atoms with Gasteiger partial charge in [-0.1, -0.05) is 0 Å². The number of hydrogen-bond acceptors (Lipinski definition) is 5. The second kappa shape index (κ2) is 3.61. The van der Waals surface area contributed by atoms with Gasteiger partial charge in [0.25, 0.3) is 0 Å². The Kier molecular flexibility index (Phi) is 2.30. The molecule has 2 rings (SSSR count). The molecule has 2 aliphatic heterocycles. The minimum absolute atomic E-state index is 0.124. The average molecular weight is 195 g/mol. The summed E-state index contributed by atoms with van der Waals surface area (Å²) in [6.45, 7) is 2.97. The van der Waals surface area contributed by atoms with Crippen molar-refractivity contribution in [2.45, 2.75) is 13.1 Å². The van der Waals surface area contributed by atoms with E-state index in [0.29, 0.717) is 12.3 Å². The number of rotatable bonds is 2. The van der Waals surface area contributed by atoms with Crippen LogP contribution in [-0.4, -0.2) is 30.2 Å². The molecule has 14 heavy (non-hydrogen) atoms. The molecule has 0 aromatic rings. The number of ether oxygens (including phenoxy) is 1. The van der Waals surface area contributed by atoms with Gasteiger partial charge in [-0.2, -0.15) is 0 Å². The molecule has 0 saturated carbocycles. The van der Waals surface area contributed by atoms with E-state index < -0.39 is 0 Å². The van der Waals surface area contributed by atoms with Crippen LogP contribution in [0, 0.1) is 0 Å². The number of esters is 1. The summed E-state index contributed by atoms with van der Waals surface area (Å²) in [7, 11) is 0. The maximum atomic E-state index is 11.5. The maximum Gasteiger partial charge on any atom is 0.356 e. The van der Waals surface area contributed by atoms with Gasteiger partial charge in [0, 0.05) is 18.6 Å². The van der Waals surface area contributed by atoms with Crippen LogP contribution < -0.4 is 10.6 Å². The van der Waals surface area contributed by atoms with E-state index in [1.807, 2.05) is 17.3 Å². The summed E-state index contributed by atoms with van der Waals surface area (Å²) in [4.78, 5) is 13.3. The zero-order valence-corrected chi connectivity index (χ0v) is 7.99. The third-order valence-corrected chi connectivity index (χ3v) is 2.18. The Morgan fingerprint density at radius 3 is 3.43 bits per heavy atom. The highest BCUT2D eigenvalue weighted by atomic mass is 16.5. The van der Waals surface area contributed by atoms with Crippen LogP contribution >= 0.6 is 0 Å². The van der Waals surface area contributed by atoms with E-state index in [2.05, 4.69) is 10.6 Å². The molecule has 2 heterocycles. The van der Waals surface area contributed by atoms with Crippen molar-refractivity contribution in [3.8, 4) is 0 Å². The molecule has 0 aromatic heterocycles. The van der Waals surface area contributed by atoms with E-state index in [0.717, 1.165) is 6.54 Å². The standard InChI is InChI=1S/C9H13N3O2/c1-2-14-9(13)7-5-11-8-6-10-3-4-12(7)8/h3-5,8,10-11H,2,6H2,1H3. The number of carbonyl (C=O) groups is 1. The van der Waals surface area contributed by atoms with Crippen molar-refractivity contribution in [1.29, 1.82) is 0 Å². The molecular weight excluding hydrogens is 182 g/mol. The normalized spacial score (nSPS) is 23.4. The van der Waals surface area contributed by atoms with Gasteiger partial charge in [0.05, 0.1) is 13.2 Å². The fourth-order valence-electron chi connectivity index (χ4n) is 1.52. The van der Waals surface area contributed by atoms with E-state index in [9.17, 15) is 4.79 Å². The number of nitrogens with zero attached hydrogens (tertiary/aromatic N) is 1. The molecule has 1 unspecified atom stereocenters. The number of carbonyl (C=O) groups excluding carboxylic acids is 1. The largest absolute Gasteiger partial charge is 0.461 e. The van der Waals surface area contributed by atoms with Crippen molar-refractivity contribution in [3.63, 3.8) is 0 Å². The zero-order valence-electron chi connectivity index (χ0n) is 7.99. The van der Waals surface area contributed by atoms with Crippen molar-refractivity contribution in [1.82, 2.24) is 15.5 Å². The molecule has 5 nitrogen and oxygen atoms in total. The Balaban J connectivity index is 2.09. The quantitative estimate of drug-likeness (QED) is 0.592. The fourth-order valence-corrected chi connectivity index (χ4v) is 1.52. The van der Waals surface area contributed by atoms with Gasteiger partial charge in [-0.3, -0.25) is 0 Å². The van der Waals surface area contributed by atoms with Crippen LogP contribution in [-0.2, 0) is 9.53 Å². The summed E-state index contributed by atoms with van der Waals surface area (Å²) in [5, 5.41) is 6.17. The summed E-state index contributed by atoms with van der Waals surface area (Å²) in [6.07, 6.45) is 5.47. The smallest absolute Gasteiger partial charge is 0.356 e. The fraction of sp³-hybridized carbons (Fsp3) is 0.444. The number of hydrogen-bond donors (Lipinski definition) is 2. The van der Waals surface area contributed by atoms with Crippen LogP contribution in [0.4, 0.5) is 0 Å². The minimum Gasteiger partial charge on any atom is -0.461 e. The molecule has 0 amide bonds. The molecule has 0 bridgehead atoms. The molecule has 0 aliphatic carbocycles. The SMILES string of the molecule is CCOC(=O)C1=CNC2CNC=CN12. The van der Waals surface area contributed by atoms with Gasteiger partial charge >= 0.3 is 5.97 Å². The molecule has 5 heteroatoms. The first kappa shape index (κ1) is 8.93. The first-order chi connectivity index (χ1) is 6.83. The highest BCUT2D eigenvalue weighted by molar-refractivity contribution is 5.88. The summed E-state index contributed by atoms with van der Waals surface area (Å²) >= 11 is 0. The van der Waals surface area contributed by atoms with E-state index in [-0.39, 0.29) is 12.1 Å². The maximum absolute atomic E-state index is 11.5. The molecule has 76 valence electrons. The molecule has 2 aliphatic rings. The van der Waals surface area contributed by atoms with Crippen molar-refractivity contribution >= 4 is 5.97 Å². The van der Waals surface area contributed by atoms with Crippen molar-refractivity contribution in [2.75, 3.05) is 13.2 Å². The monoisotopic (exact) mass is 195 g/mol. The summed E-state index contributed by atoms with van der Waals surface area (Å²) in [6, 6.07) is 0. The highest BCUT2D eigenvalue weighted by Crippen LogP contribution is 2.17. The Morgan fingerprint density at radius 1 is 1.79 bits per heavy atom. The topological polar surface area (TPSA) is 53.6 Å². The summed E-state index contributed by atoms with van der Waals surface area (Å²) in [5.41, 5.74) is 0.564. The van der Waals surface area contributed by atoms with Crippen LogP contribution in [0.3, 0.4) is 0 Å². The molecule has 0 fully saturated rings.